The van der Waals surface area contributed by atoms with Gasteiger partial charge in [0.05, 0.1) is 16.7 Å². The molecule has 2 N–H and O–H groups in total. The van der Waals surface area contributed by atoms with Crippen LogP contribution < -0.4 is 15.5 Å². The van der Waals surface area contributed by atoms with Crippen LogP contribution in [-0.4, -0.2) is 47.2 Å². The van der Waals surface area contributed by atoms with E-state index in [0.717, 1.165) is 19.4 Å². The Labute approximate surface area is 162 Å². The van der Waals surface area contributed by atoms with Crippen LogP contribution in [0.1, 0.15) is 18.4 Å². The lowest BCUT2D eigenvalue weighted by Gasteiger charge is -2.18. The molecule has 2 amide bonds. The van der Waals surface area contributed by atoms with E-state index < -0.39 is 11.0 Å². The van der Waals surface area contributed by atoms with Crippen molar-refractivity contribution in [3.05, 3.63) is 46.3 Å². The van der Waals surface area contributed by atoms with Crippen molar-refractivity contribution >= 4 is 29.0 Å². The number of non-ortho nitro benzene ring substituents is 1. The molecule has 1 saturated heterocycles. The SMILES string of the molecule is Cc1ccc([N+](=O)[O-])cc1NC(=O)N(C)c1cc(NCC2CCCO2)ncn1. The number of rotatable bonds is 6. The standard InChI is InChI=1S/C18H22N6O4/c1-12-5-6-13(24(26)27)8-15(12)22-18(25)23(2)17-9-16(20-11-21-17)19-10-14-4-3-7-28-14/h5-6,8-9,11,14H,3-4,7,10H2,1-2H3,(H,22,25)(H,19,20,21). The van der Waals surface area contributed by atoms with E-state index in [0.29, 0.717) is 29.4 Å². The predicted molar refractivity (Wildman–Crippen MR) is 105 cm³/mol. The highest BCUT2D eigenvalue weighted by molar-refractivity contribution is 6.01. The maximum atomic E-state index is 12.6. The molecule has 0 spiro atoms. The number of nitrogens with one attached hydrogen (secondary N) is 2. The monoisotopic (exact) mass is 386 g/mol. The molecule has 1 aromatic heterocycles. The number of nitro benzene ring substituents is 1. The number of nitro groups is 1. The second-order valence-corrected chi connectivity index (χ2v) is 6.52. The number of urea groups is 1. The Hall–Kier alpha value is -3.27. The molecule has 0 bridgehead atoms. The van der Waals surface area contributed by atoms with Crippen molar-refractivity contribution in [3.63, 3.8) is 0 Å². The summed E-state index contributed by atoms with van der Waals surface area (Å²) in [6.07, 6.45) is 3.60. The first kappa shape index (κ1) is 19.5. The lowest BCUT2D eigenvalue weighted by molar-refractivity contribution is -0.384. The summed E-state index contributed by atoms with van der Waals surface area (Å²) in [5.41, 5.74) is 0.997. The van der Waals surface area contributed by atoms with E-state index in [9.17, 15) is 14.9 Å². The van der Waals surface area contributed by atoms with E-state index in [1.54, 1.807) is 26.1 Å². The van der Waals surface area contributed by atoms with E-state index in [2.05, 4.69) is 20.6 Å². The lowest BCUT2D eigenvalue weighted by Crippen LogP contribution is -2.32. The molecule has 0 radical (unpaired) electrons. The normalized spacial score (nSPS) is 15.9. The molecular formula is C18H22N6O4. The van der Waals surface area contributed by atoms with Crippen molar-refractivity contribution < 1.29 is 14.5 Å². The molecular weight excluding hydrogens is 364 g/mol. The first-order valence-electron chi connectivity index (χ1n) is 8.91. The number of hydrogen-bond acceptors (Lipinski definition) is 7. The van der Waals surface area contributed by atoms with E-state index in [-0.39, 0.29) is 11.8 Å². The minimum atomic E-state index is -0.505. The van der Waals surface area contributed by atoms with Gasteiger partial charge in [0, 0.05) is 38.4 Å². The fraction of sp³-hybridized carbons (Fsp3) is 0.389. The van der Waals surface area contributed by atoms with E-state index in [1.165, 1.54) is 23.4 Å². The number of anilines is 3. The molecule has 28 heavy (non-hydrogen) atoms. The number of aryl methyl sites for hydroxylation is 1. The number of amides is 2. The van der Waals surface area contributed by atoms with Crippen molar-refractivity contribution in [2.75, 3.05) is 35.7 Å². The highest BCUT2D eigenvalue weighted by Crippen LogP contribution is 2.23. The molecule has 148 valence electrons. The predicted octanol–water partition coefficient (Wildman–Crippen LogP) is 2.95. The topological polar surface area (TPSA) is 123 Å². The summed E-state index contributed by atoms with van der Waals surface area (Å²) < 4.78 is 5.57. The fourth-order valence-electron chi connectivity index (χ4n) is 2.81. The third-order valence-corrected chi connectivity index (χ3v) is 4.51. The summed E-state index contributed by atoms with van der Waals surface area (Å²) >= 11 is 0. The minimum absolute atomic E-state index is 0.0915. The zero-order valence-electron chi connectivity index (χ0n) is 15.7. The van der Waals surface area contributed by atoms with Crippen molar-refractivity contribution in [3.8, 4) is 0 Å². The van der Waals surface area contributed by atoms with Crippen molar-refractivity contribution in [2.24, 2.45) is 0 Å². The summed E-state index contributed by atoms with van der Waals surface area (Å²) in [6.45, 7) is 3.18. The Balaban J connectivity index is 1.67. The molecule has 1 unspecified atom stereocenters. The van der Waals surface area contributed by atoms with Gasteiger partial charge in [-0.25, -0.2) is 14.8 Å². The van der Waals surface area contributed by atoms with Crippen LogP contribution in [0.5, 0.6) is 0 Å². The number of aromatic nitrogens is 2. The zero-order chi connectivity index (χ0) is 20.1. The molecule has 1 aliphatic rings. The van der Waals surface area contributed by atoms with Crippen LogP contribution in [0.25, 0.3) is 0 Å². The van der Waals surface area contributed by atoms with Crippen molar-refractivity contribution in [1.29, 1.82) is 0 Å². The highest BCUT2D eigenvalue weighted by atomic mass is 16.6. The Bertz CT molecular complexity index is 869. The molecule has 3 rings (SSSR count). The molecule has 10 heteroatoms. The molecule has 1 aromatic carbocycles. The average molecular weight is 386 g/mol. The maximum absolute atomic E-state index is 12.6. The van der Waals surface area contributed by atoms with Crippen LogP contribution in [-0.2, 0) is 4.74 Å². The molecule has 2 heterocycles. The van der Waals surface area contributed by atoms with Gasteiger partial charge in [-0.3, -0.25) is 15.0 Å². The molecule has 1 atom stereocenters. The molecule has 2 aromatic rings. The van der Waals surface area contributed by atoms with E-state index in [4.69, 9.17) is 4.74 Å². The van der Waals surface area contributed by atoms with Gasteiger partial charge in [-0.1, -0.05) is 6.07 Å². The first-order chi connectivity index (χ1) is 13.4. The van der Waals surface area contributed by atoms with Gasteiger partial charge in [-0.2, -0.15) is 0 Å². The Kier molecular flexibility index (Phi) is 5.99. The van der Waals surface area contributed by atoms with Gasteiger partial charge in [-0.05, 0) is 25.3 Å². The number of carbonyl (C=O) groups is 1. The van der Waals surface area contributed by atoms with Gasteiger partial charge in [0.25, 0.3) is 5.69 Å². The van der Waals surface area contributed by atoms with Crippen LogP contribution in [0, 0.1) is 17.0 Å². The lowest BCUT2D eigenvalue weighted by atomic mass is 10.2. The van der Waals surface area contributed by atoms with Gasteiger partial charge in [-0.15, -0.1) is 0 Å². The summed E-state index contributed by atoms with van der Waals surface area (Å²) in [5.74, 6) is 0.983. The zero-order valence-corrected chi connectivity index (χ0v) is 15.7. The highest BCUT2D eigenvalue weighted by Gasteiger charge is 2.18. The van der Waals surface area contributed by atoms with Gasteiger partial charge in [0.15, 0.2) is 0 Å². The second-order valence-electron chi connectivity index (χ2n) is 6.52. The number of hydrogen-bond donors (Lipinski definition) is 2. The smallest absolute Gasteiger partial charge is 0.327 e. The van der Waals surface area contributed by atoms with Crippen LogP contribution >= 0.6 is 0 Å². The first-order valence-corrected chi connectivity index (χ1v) is 8.91. The largest absolute Gasteiger partial charge is 0.376 e. The summed E-state index contributed by atoms with van der Waals surface area (Å²) in [6, 6.07) is 5.51. The molecule has 0 saturated carbocycles. The fourth-order valence-corrected chi connectivity index (χ4v) is 2.81. The third-order valence-electron chi connectivity index (χ3n) is 4.51. The van der Waals surface area contributed by atoms with Gasteiger partial charge in [0.1, 0.15) is 18.0 Å². The van der Waals surface area contributed by atoms with Crippen LogP contribution in [0.15, 0.2) is 30.6 Å². The van der Waals surface area contributed by atoms with Crippen molar-refractivity contribution in [2.45, 2.75) is 25.9 Å². The van der Waals surface area contributed by atoms with Crippen LogP contribution in [0.2, 0.25) is 0 Å². The Morgan fingerprint density at radius 2 is 2.21 bits per heavy atom. The quantitative estimate of drug-likeness (QED) is 0.578. The molecule has 0 aliphatic carbocycles. The van der Waals surface area contributed by atoms with E-state index in [1.807, 2.05) is 0 Å². The van der Waals surface area contributed by atoms with Gasteiger partial charge in [0.2, 0.25) is 0 Å². The summed E-state index contributed by atoms with van der Waals surface area (Å²) in [7, 11) is 1.56. The van der Waals surface area contributed by atoms with Gasteiger partial charge >= 0.3 is 6.03 Å². The number of ether oxygens (including phenoxy) is 1. The molecule has 1 fully saturated rings. The third kappa shape index (κ3) is 4.71. The molecule has 10 nitrogen and oxygen atoms in total. The van der Waals surface area contributed by atoms with Gasteiger partial charge < -0.3 is 15.4 Å². The van der Waals surface area contributed by atoms with Crippen LogP contribution in [0.3, 0.4) is 0 Å². The molecule has 1 aliphatic heterocycles. The minimum Gasteiger partial charge on any atom is -0.376 e. The Morgan fingerprint density at radius 1 is 1.39 bits per heavy atom. The maximum Gasteiger partial charge on any atom is 0.327 e. The van der Waals surface area contributed by atoms with E-state index >= 15 is 0 Å². The van der Waals surface area contributed by atoms with Crippen molar-refractivity contribution in [1.82, 2.24) is 9.97 Å². The number of nitrogens with zero attached hydrogens (tertiary/aromatic N) is 4. The number of carbonyl (C=O) groups excluding carboxylic acids is 1. The number of benzene rings is 1. The average Bonchev–Trinajstić information content (AvgIpc) is 3.21. The summed E-state index contributed by atoms with van der Waals surface area (Å²) in [5, 5.41) is 16.8. The second kappa shape index (κ2) is 8.61. The summed E-state index contributed by atoms with van der Waals surface area (Å²) in [4.78, 5) is 32.6. The Morgan fingerprint density at radius 3 is 2.93 bits per heavy atom. The van der Waals surface area contributed by atoms with Crippen LogP contribution in [0.4, 0.5) is 27.8 Å².